The Morgan fingerprint density at radius 3 is 2.15 bits per heavy atom. The summed E-state index contributed by atoms with van der Waals surface area (Å²) >= 11 is 0. The summed E-state index contributed by atoms with van der Waals surface area (Å²) in [6.45, 7) is 1.71. The molecule has 3 aromatic carbocycles. The van der Waals surface area contributed by atoms with Crippen LogP contribution in [-0.2, 0) is 10.0 Å². The van der Waals surface area contributed by atoms with Crippen molar-refractivity contribution in [3.8, 4) is 16.9 Å². The molecule has 0 saturated heterocycles. The van der Waals surface area contributed by atoms with Gasteiger partial charge in [-0.15, -0.1) is 0 Å². The molecule has 1 heterocycles. The Morgan fingerprint density at radius 1 is 0.939 bits per heavy atom. The van der Waals surface area contributed by atoms with E-state index in [2.05, 4.69) is 15.6 Å². The quantitative estimate of drug-likeness (QED) is 0.339. The molecule has 166 valence electrons. The molecule has 0 spiro atoms. The van der Waals surface area contributed by atoms with Crippen molar-refractivity contribution in [2.45, 2.75) is 11.8 Å². The molecule has 8 nitrogen and oxygen atoms in total. The number of carbonyl (C=O) groups excluding carboxylic acids is 1. The van der Waals surface area contributed by atoms with Crippen molar-refractivity contribution in [2.75, 3.05) is 0 Å². The molecule has 1 amide bonds. The molecular formula is C24H21N5O3S. The number of hydrogen-bond donors (Lipinski definition) is 2. The van der Waals surface area contributed by atoms with Crippen LogP contribution in [0.5, 0.6) is 0 Å². The zero-order valence-electron chi connectivity index (χ0n) is 17.7. The van der Waals surface area contributed by atoms with Crippen LogP contribution in [0.15, 0.2) is 101 Å². The number of aromatic nitrogens is 2. The number of hydrogen-bond acceptors (Lipinski definition) is 5. The molecule has 4 rings (SSSR count). The van der Waals surface area contributed by atoms with E-state index in [9.17, 15) is 13.2 Å². The van der Waals surface area contributed by atoms with E-state index in [-0.39, 0.29) is 4.90 Å². The molecule has 0 aliphatic rings. The molecule has 0 unspecified atom stereocenters. The molecule has 4 aromatic rings. The number of hydrazone groups is 1. The number of para-hydroxylation sites is 1. The highest BCUT2D eigenvalue weighted by Crippen LogP contribution is 2.23. The molecule has 0 bridgehead atoms. The van der Waals surface area contributed by atoms with Crippen molar-refractivity contribution < 1.29 is 13.2 Å². The highest BCUT2D eigenvalue weighted by Gasteiger charge is 2.18. The van der Waals surface area contributed by atoms with Gasteiger partial charge in [0, 0.05) is 11.8 Å². The topological polar surface area (TPSA) is 119 Å². The van der Waals surface area contributed by atoms with E-state index < -0.39 is 15.9 Å². The van der Waals surface area contributed by atoms with Crippen LogP contribution in [0, 0.1) is 0 Å². The lowest BCUT2D eigenvalue weighted by Gasteiger charge is -2.05. The van der Waals surface area contributed by atoms with E-state index in [1.165, 1.54) is 12.1 Å². The minimum atomic E-state index is -3.78. The van der Waals surface area contributed by atoms with Gasteiger partial charge in [0.05, 0.1) is 21.9 Å². The van der Waals surface area contributed by atoms with Crippen LogP contribution in [0.4, 0.5) is 0 Å². The molecule has 0 atom stereocenters. The van der Waals surface area contributed by atoms with Gasteiger partial charge in [0.25, 0.3) is 5.91 Å². The van der Waals surface area contributed by atoms with Crippen LogP contribution >= 0.6 is 0 Å². The number of amides is 1. The van der Waals surface area contributed by atoms with E-state index in [1.54, 1.807) is 29.9 Å². The van der Waals surface area contributed by atoms with Crippen molar-refractivity contribution in [3.63, 3.8) is 0 Å². The molecule has 0 aliphatic heterocycles. The van der Waals surface area contributed by atoms with Crippen LogP contribution in [-0.4, -0.2) is 29.8 Å². The number of carbonyl (C=O) groups is 1. The predicted molar refractivity (Wildman–Crippen MR) is 126 cm³/mol. The van der Waals surface area contributed by atoms with E-state index in [1.807, 2.05) is 60.7 Å². The number of primary sulfonamides is 1. The van der Waals surface area contributed by atoms with E-state index in [0.717, 1.165) is 11.3 Å². The van der Waals surface area contributed by atoms with Gasteiger partial charge in [-0.25, -0.2) is 23.7 Å². The molecule has 1 aromatic heterocycles. The Bertz CT molecular complexity index is 1410. The van der Waals surface area contributed by atoms with Crippen molar-refractivity contribution in [3.05, 3.63) is 102 Å². The van der Waals surface area contributed by atoms with Crippen LogP contribution < -0.4 is 10.6 Å². The standard InChI is InChI=1S/C24H21N5O3S/c1-17(18-12-14-21(15-13-18)33(25,31)32)26-27-24(30)22-16-29(20-10-6-3-7-11-20)28-23(22)19-8-4-2-5-9-19/h2-16H,1H3,(H,27,30)(H2,25,31,32)/b26-17+. The lowest BCUT2D eigenvalue weighted by molar-refractivity contribution is 0.0955. The Balaban J connectivity index is 1.63. The van der Waals surface area contributed by atoms with Crippen LogP contribution in [0.1, 0.15) is 22.8 Å². The van der Waals surface area contributed by atoms with Gasteiger partial charge in [-0.05, 0) is 36.8 Å². The SMILES string of the molecule is C/C(=N\NC(=O)c1cn(-c2ccccc2)nc1-c1ccccc1)c1ccc(S(N)(=O)=O)cc1. The van der Waals surface area contributed by atoms with Crippen molar-refractivity contribution in [1.82, 2.24) is 15.2 Å². The molecule has 0 aliphatic carbocycles. The maximum Gasteiger partial charge on any atom is 0.275 e. The smallest absolute Gasteiger partial charge is 0.267 e. The molecule has 0 radical (unpaired) electrons. The molecule has 0 saturated carbocycles. The minimum Gasteiger partial charge on any atom is -0.267 e. The summed E-state index contributed by atoms with van der Waals surface area (Å²) in [5.74, 6) is -0.420. The fraction of sp³-hybridized carbons (Fsp3) is 0.0417. The fourth-order valence-electron chi connectivity index (χ4n) is 3.21. The monoisotopic (exact) mass is 459 g/mol. The zero-order chi connectivity index (χ0) is 23.4. The second-order valence-corrected chi connectivity index (χ2v) is 8.81. The first-order valence-electron chi connectivity index (χ1n) is 10.0. The third-order valence-electron chi connectivity index (χ3n) is 4.95. The van der Waals surface area contributed by atoms with Gasteiger partial charge in [-0.1, -0.05) is 60.7 Å². The highest BCUT2D eigenvalue weighted by atomic mass is 32.2. The number of sulfonamides is 1. The first-order valence-corrected chi connectivity index (χ1v) is 11.6. The lowest BCUT2D eigenvalue weighted by Crippen LogP contribution is -2.19. The first kappa shape index (κ1) is 22.1. The van der Waals surface area contributed by atoms with Gasteiger partial charge in [-0.2, -0.15) is 10.2 Å². The second-order valence-electron chi connectivity index (χ2n) is 7.25. The van der Waals surface area contributed by atoms with Crippen LogP contribution in [0.2, 0.25) is 0 Å². The Kier molecular flexibility index (Phi) is 6.16. The van der Waals surface area contributed by atoms with Gasteiger partial charge in [0.1, 0.15) is 5.69 Å². The molecular weight excluding hydrogens is 438 g/mol. The fourth-order valence-corrected chi connectivity index (χ4v) is 3.72. The second kappa shape index (κ2) is 9.19. The van der Waals surface area contributed by atoms with Gasteiger partial charge < -0.3 is 0 Å². The normalized spacial score (nSPS) is 11.9. The largest absolute Gasteiger partial charge is 0.275 e. The average molecular weight is 460 g/mol. The Labute approximate surface area is 191 Å². The summed E-state index contributed by atoms with van der Waals surface area (Å²) in [6.07, 6.45) is 1.67. The maximum absolute atomic E-state index is 13.0. The minimum absolute atomic E-state index is 0.00362. The lowest BCUT2D eigenvalue weighted by atomic mass is 10.1. The third-order valence-corrected chi connectivity index (χ3v) is 5.88. The van der Waals surface area contributed by atoms with Crippen molar-refractivity contribution in [1.29, 1.82) is 0 Å². The summed E-state index contributed by atoms with van der Waals surface area (Å²) in [7, 11) is -3.78. The van der Waals surface area contributed by atoms with Crippen LogP contribution in [0.25, 0.3) is 16.9 Å². The van der Waals surface area contributed by atoms with Gasteiger partial charge in [-0.3, -0.25) is 4.79 Å². The van der Waals surface area contributed by atoms with E-state index >= 15 is 0 Å². The van der Waals surface area contributed by atoms with E-state index in [4.69, 9.17) is 5.14 Å². The first-order chi connectivity index (χ1) is 15.8. The summed E-state index contributed by atoms with van der Waals surface area (Å²) in [5.41, 5.74) is 6.24. The number of rotatable bonds is 6. The zero-order valence-corrected chi connectivity index (χ0v) is 18.5. The maximum atomic E-state index is 13.0. The van der Waals surface area contributed by atoms with Crippen molar-refractivity contribution >= 4 is 21.6 Å². The molecule has 3 N–H and O–H groups in total. The number of benzene rings is 3. The summed E-state index contributed by atoms with van der Waals surface area (Å²) in [6, 6.07) is 24.9. The average Bonchev–Trinajstić information content (AvgIpc) is 3.29. The van der Waals surface area contributed by atoms with E-state index in [0.29, 0.717) is 22.5 Å². The predicted octanol–water partition coefficient (Wildman–Crippen LogP) is 3.34. The summed E-state index contributed by atoms with van der Waals surface area (Å²) in [5, 5.41) is 13.9. The molecule has 9 heteroatoms. The summed E-state index contributed by atoms with van der Waals surface area (Å²) in [4.78, 5) is 13.0. The van der Waals surface area contributed by atoms with Gasteiger partial charge >= 0.3 is 0 Å². The number of nitrogens with zero attached hydrogens (tertiary/aromatic N) is 3. The Morgan fingerprint density at radius 2 is 1.55 bits per heavy atom. The molecule has 33 heavy (non-hydrogen) atoms. The highest BCUT2D eigenvalue weighted by molar-refractivity contribution is 7.89. The Hall–Kier alpha value is -4.08. The number of nitrogens with two attached hydrogens (primary N) is 1. The van der Waals surface area contributed by atoms with Crippen molar-refractivity contribution in [2.24, 2.45) is 10.2 Å². The van der Waals surface area contributed by atoms with Gasteiger partial charge in [0.2, 0.25) is 10.0 Å². The van der Waals surface area contributed by atoms with Crippen LogP contribution in [0.3, 0.4) is 0 Å². The third kappa shape index (κ3) is 5.05. The summed E-state index contributed by atoms with van der Waals surface area (Å²) < 4.78 is 24.5. The number of nitrogens with one attached hydrogen (secondary N) is 1. The molecule has 0 fully saturated rings. The van der Waals surface area contributed by atoms with Gasteiger partial charge in [0.15, 0.2) is 0 Å².